The predicted molar refractivity (Wildman–Crippen MR) is 60.2 cm³/mol. The van der Waals surface area contributed by atoms with Gasteiger partial charge in [-0.3, -0.25) is 9.59 Å². The van der Waals surface area contributed by atoms with Crippen molar-refractivity contribution in [3.8, 4) is 0 Å². The van der Waals surface area contributed by atoms with Crippen LogP contribution in [0.1, 0.15) is 29.2 Å². The number of amides is 1. The monoisotopic (exact) mass is 240 g/mol. The van der Waals surface area contributed by atoms with Crippen molar-refractivity contribution in [1.82, 2.24) is 5.32 Å². The molecule has 6 nitrogen and oxygen atoms in total. The van der Waals surface area contributed by atoms with Crippen LogP contribution in [-0.2, 0) is 16.1 Å². The second-order valence-electron chi connectivity index (χ2n) is 3.41. The number of carbonyl (C=O) groups excluding carboxylic acids is 2. The van der Waals surface area contributed by atoms with Crippen LogP contribution in [0.3, 0.4) is 0 Å². The van der Waals surface area contributed by atoms with Crippen molar-refractivity contribution in [1.29, 1.82) is 0 Å². The molecule has 1 amide bonds. The molecule has 1 heterocycles. The van der Waals surface area contributed by atoms with Gasteiger partial charge in [0.15, 0.2) is 5.76 Å². The number of nitrogens with one attached hydrogen (secondary N) is 1. The minimum Gasteiger partial charge on any atom is -0.469 e. The maximum atomic E-state index is 11.5. The van der Waals surface area contributed by atoms with E-state index in [2.05, 4.69) is 10.1 Å². The summed E-state index contributed by atoms with van der Waals surface area (Å²) in [4.78, 5) is 22.3. The van der Waals surface area contributed by atoms with Gasteiger partial charge in [0.05, 0.1) is 13.7 Å². The SMILES string of the molecule is COC(=O)CCCNC(=O)c1ccc(CN)o1. The van der Waals surface area contributed by atoms with Gasteiger partial charge in [-0.2, -0.15) is 0 Å². The van der Waals surface area contributed by atoms with Crippen LogP contribution in [0.2, 0.25) is 0 Å². The van der Waals surface area contributed by atoms with Crippen LogP contribution >= 0.6 is 0 Å². The molecule has 0 bridgehead atoms. The van der Waals surface area contributed by atoms with E-state index < -0.39 is 0 Å². The van der Waals surface area contributed by atoms with Gasteiger partial charge in [0.2, 0.25) is 0 Å². The second kappa shape index (κ2) is 6.70. The third-order valence-corrected chi connectivity index (χ3v) is 2.16. The first kappa shape index (κ1) is 13.2. The number of esters is 1. The molecular formula is C11H16N2O4. The molecule has 3 N–H and O–H groups in total. The lowest BCUT2D eigenvalue weighted by Crippen LogP contribution is -2.24. The number of rotatable bonds is 6. The quantitative estimate of drug-likeness (QED) is 0.555. The highest BCUT2D eigenvalue weighted by Gasteiger charge is 2.10. The summed E-state index contributed by atoms with van der Waals surface area (Å²) in [6.07, 6.45) is 0.811. The van der Waals surface area contributed by atoms with Gasteiger partial charge >= 0.3 is 5.97 Å². The Morgan fingerprint density at radius 3 is 2.82 bits per heavy atom. The lowest BCUT2D eigenvalue weighted by molar-refractivity contribution is -0.140. The second-order valence-corrected chi connectivity index (χ2v) is 3.41. The summed E-state index contributed by atoms with van der Waals surface area (Å²) < 4.78 is 9.64. The summed E-state index contributed by atoms with van der Waals surface area (Å²) >= 11 is 0. The van der Waals surface area contributed by atoms with Gasteiger partial charge in [-0.1, -0.05) is 0 Å². The summed E-state index contributed by atoms with van der Waals surface area (Å²) in [5.41, 5.74) is 5.36. The van der Waals surface area contributed by atoms with Gasteiger partial charge in [0.25, 0.3) is 5.91 Å². The van der Waals surface area contributed by atoms with Gasteiger partial charge in [0.1, 0.15) is 5.76 Å². The molecule has 0 radical (unpaired) electrons. The molecule has 0 aliphatic heterocycles. The molecule has 0 aliphatic rings. The van der Waals surface area contributed by atoms with Crippen molar-refractivity contribution < 1.29 is 18.7 Å². The van der Waals surface area contributed by atoms with Crippen molar-refractivity contribution in [2.24, 2.45) is 5.73 Å². The Morgan fingerprint density at radius 2 is 2.24 bits per heavy atom. The minimum atomic E-state index is -0.311. The Bertz CT molecular complexity index is 387. The number of ether oxygens (including phenoxy) is 1. The third-order valence-electron chi connectivity index (χ3n) is 2.16. The zero-order valence-corrected chi connectivity index (χ0v) is 9.69. The Morgan fingerprint density at radius 1 is 1.47 bits per heavy atom. The molecule has 0 aliphatic carbocycles. The smallest absolute Gasteiger partial charge is 0.305 e. The predicted octanol–water partition coefficient (Wildman–Crippen LogP) is 0.421. The fraction of sp³-hybridized carbons (Fsp3) is 0.455. The summed E-state index contributed by atoms with van der Waals surface area (Å²) in [6.45, 7) is 0.655. The van der Waals surface area contributed by atoms with Crippen LogP contribution in [0.4, 0.5) is 0 Å². The summed E-state index contributed by atoms with van der Waals surface area (Å²) in [7, 11) is 1.33. The maximum Gasteiger partial charge on any atom is 0.305 e. The van der Waals surface area contributed by atoms with Crippen molar-refractivity contribution in [3.63, 3.8) is 0 Å². The zero-order chi connectivity index (χ0) is 12.7. The van der Waals surface area contributed by atoms with E-state index in [1.165, 1.54) is 7.11 Å². The molecule has 1 aromatic heterocycles. The molecule has 0 saturated heterocycles. The first-order valence-electron chi connectivity index (χ1n) is 5.31. The van der Waals surface area contributed by atoms with E-state index in [0.717, 1.165) is 0 Å². The first-order chi connectivity index (χ1) is 8.17. The van der Waals surface area contributed by atoms with Crippen molar-refractivity contribution in [3.05, 3.63) is 23.7 Å². The third kappa shape index (κ3) is 4.28. The number of hydrogen-bond acceptors (Lipinski definition) is 5. The summed E-state index contributed by atoms with van der Waals surface area (Å²) in [5.74, 6) is 0.186. The van der Waals surface area contributed by atoms with Gasteiger partial charge in [-0.15, -0.1) is 0 Å². The average molecular weight is 240 g/mol. The minimum absolute atomic E-state index is 0.225. The van der Waals surface area contributed by atoms with E-state index in [4.69, 9.17) is 10.2 Å². The Hall–Kier alpha value is -1.82. The van der Waals surface area contributed by atoms with Crippen LogP contribution in [0.5, 0.6) is 0 Å². The fourth-order valence-electron chi connectivity index (χ4n) is 1.23. The average Bonchev–Trinajstić information content (AvgIpc) is 2.82. The molecule has 1 rings (SSSR count). The molecule has 0 atom stereocenters. The van der Waals surface area contributed by atoms with E-state index in [-0.39, 0.29) is 30.6 Å². The topological polar surface area (TPSA) is 94.6 Å². The highest BCUT2D eigenvalue weighted by Crippen LogP contribution is 2.06. The lowest BCUT2D eigenvalue weighted by atomic mass is 10.3. The van der Waals surface area contributed by atoms with E-state index >= 15 is 0 Å². The molecular weight excluding hydrogens is 224 g/mol. The molecule has 0 unspecified atom stereocenters. The standard InChI is InChI=1S/C11H16N2O4/c1-16-10(14)3-2-6-13-11(15)9-5-4-8(7-12)17-9/h4-5H,2-3,6-7,12H2,1H3,(H,13,15). The van der Waals surface area contributed by atoms with E-state index in [0.29, 0.717) is 18.7 Å². The summed E-state index contributed by atoms with van der Waals surface area (Å²) in [6, 6.07) is 3.22. The number of hydrogen-bond donors (Lipinski definition) is 2. The van der Waals surface area contributed by atoms with Crippen LogP contribution in [0.25, 0.3) is 0 Å². The summed E-state index contributed by atoms with van der Waals surface area (Å²) in [5, 5.41) is 2.63. The van der Waals surface area contributed by atoms with E-state index in [1.807, 2.05) is 0 Å². The van der Waals surface area contributed by atoms with Crippen LogP contribution < -0.4 is 11.1 Å². The molecule has 0 aromatic carbocycles. The first-order valence-corrected chi connectivity index (χ1v) is 5.31. The molecule has 0 spiro atoms. The number of carbonyl (C=O) groups is 2. The number of nitrogens with two attached hydrogens (primary N) is 1. The van der Waals surface area contributed by atoms with E-state index in [1.54, 1.807) is 12.1 Å². The zero-order valence-electron chi connectivity index (χ0n) is 9.69. The van der Waals surface area contributed by atoms with Crippen molar-refractivity contribution in [2.45, 2.75) is 19.4 Å². The molecule has 6 heteroatoms. The van der Waals surface area contributed by atoms with Gasteiger partial charge in [0, 0.05) is 13.0 Å². The number of furan rings is 1. The van der Waals surface area contributed by atoms with Crippen LogP contribution in [0.15, 0.2) is 16.5 Å². The highest BCUT2D eigenvalue weighted by atomic mass is 16.5. The molecule has 0 fully saturated rings. The fourth-order valence-corrected chi connectivity index (χ4v) is 1.23. The molecule has 94 valence electrons. The molecule has 17 heavy (non-hydrogen) atoms. The van der Waals surface area contributed by atoms with Crippen LogP contribution in [0, 0.1) is 0 Å². The largest absolute Gasteiger partial charge is 0.469 e. The van der Waals surface area contributed by atoms with Gasteiger partial charge in [-0.25, -0.2) is 0 Å². The Labute approximate surface area is 99.1 Å². The van der Waals surface area contributed by atoms with Crippen LogP contribution in [-0.4, -0.2) is 25.5 Å². The highest BCUT2D eigenvalue weighted by molar-refractivity contribution is 5.91. The van der Waals surface area contributed by atoms with Gasteiger partial charge < -0.3 is 20.2 Å². The van der Waals surface area contributed by atoms with Crippen molar-refractivity contribution in [2.75, 3.05) is 13.7 Å². The Balaban J connectivity index is 2.27. The van der Waals surface area contributed by atoms with E-state index in [9.17, 15) is 9.59 Å². The molecule has 0 saturated carbocycles. The van der Waals surface area contributed by atoms with Gasteiger partial charge in [-0.05, 0) is 18.6 Å². The Kier molecular flexibility index (Phi) is 5.22. The van der Waals surface area contributed by atoms with Crippen molar-refractivity contribution >= 4 is 11.9 Å². The maximum absolute atomic E-state index is 11.5. The normalized spacial score (nSPS) is 10.0. The lowest BCUT2D eigenvalue weighted by Gasteiger charge is -2.02. The molecule has 1 aromatic rings. The number of methoxy groups -OCH3 is 1.